The Morgan fingerprint density at radius 2 is 2.27 bits per heavy atom. The van der Waals surface area contributed by atoms with E-state index in [1.165, 1.54) is 0 Å². The fraction of sp³-hybridized carbons (Fsp3) is 0.636. The molecule has 0 aliphatic rings. The molecule has 1 heterocycles. The lowest BCUT2D eigenvalue weighted by atomic mass is 9.96. The van der Waals surface area contributed by atoms with Crippen molar-refractivity contribution < 1.29 is 0 Å². The van der Waals surface area contributed by atoms with Gasteiger partial charge in [0.15, 0.2) is 0 Å². The molecule has 0 saturated heterocycles. The predicted molar refractivity (Wildman–Crippen MR) is 61.8 cm³/mol. The summed E-state index contributed by atoms with van der Waals surface area (Å²) in [5, 5.41) is 0. The lowest BCUT2D eigenvalue weighted by Gasteiger charge is -2.13. The summed E-state index contributed by atoms with van der Waals surface area (Å²) in [5.41, 5.74) is 6.18. The van der Waals surface area contributed by atoms with Crippen LogP contribution in [0, 0.1) is 0 Å². The SMILES string of the molecule is CCCCC(CC)c1cc(=O)[nH]c(N)n1. The number of hydrogen-bond acceptors (Lipinski definition) is 3. The summed E-state index contributed by atoms with van der Waals surface area (Å²) in [6.45, 7) is 4.27. The summed E-state index contributed by atoms with van der Waals surface area (Å²) in [6, 6.07) is 1.56. The fourth-order valence-corrected chi connectivity index (χ4v) is 1.72. The van der Waals surface area contributed by atoms with Crippen LogP contribution in [0.4, 0.5) is 5.95 Å². The zero-order valence-corrected chi connectivity index (χ0v) is 9.42. The summed E-state index contributed by atoms with van der Waals surface area (Å²) in [4.78, 5) is 17.9. The first kappa shape index (κ1) is 11.8. The Bertz CT molecular complexity index is 359. The molecular formula is C11H19N3O. The third kappa shape index (κ3) is 3.38. The maximum Gasteiger partial charge on any atom is 0.252 e. The highest BCUT2D eigenvalue weighted by atomic mass is 16.1. The standard InChI is InChI=1S/C11H19N3O/c1-3-5-6-8(4-2)9-7-10(15)14-11(12)13-9/h7-8H,3-6H2,1-2H3,(H3,12,13,14,15). The lowest BCUT2D eigenvalue weighted by Crippen LogP contribution is -2.14. The Morgan fingerprint density at radius 3 is 2.80 bits per heavy atom. The van der Waals surface area contributed by atoms with E-state index in [9.17, 15) is 4.79 Å². The van der Waals surface area contributed by atoms with Gasteiger partial charge in [-0.05, 0) is 12.8 Å². The second kappa shape index (κ2) is 5.53. The van der Waals surface area contributed by atoms with Crippen molar-refractivity contribution in [3.05, 3.63) is 22.1 Å². The molecule has 0 bridgehead atoms. The second-order valence-corrected chi connectivity index (χ2v) is 3.80. The predicted octanol–water partition coefficient (Wildman–Crippen LogP) is 2.04. The van der Waals surface area contributed by atoms with Crippen molar-refractivity contribution in [2.45, 2.75) is 45.4 Å². The van der Waals surface area contributed by atoms with Gasteiger partial charge in [-0.2, -0.15) is 0 Å². The van der Waals surface area contributed by atoms with Crippen molar-refractivity contribution in [1.29, 1.82) is 0 Å². The molecule has 1 atom stereocenters. The molecule has 0 aliphatic carbocycles. The highest BCUT2D eigenvalue weighted by Gasteiger charge is 2.11. The smallest absolute Gasteiger partial charge is 0.252 e. The number of unbranched alkanes of at least 4 members (excludes halogenated alkanes) is 1. The highest BCUT2D eigenvalue weighted by Crippen LogP contribution is 2.22. The van der Waals surface area contributed by atoms with Crippen LogP contribution in [0.15, 0.2) is 10.9 Å². The van der Waals surface area contributed by atoms with Crippen LogP contribution in [0.3, 0.4) is 0 Å². The van der Waals surface area contributed by atoms with Gasteiger partial charge in [-0.1, -0.05) is 26.7 Å². The molecule has 0 aliphatic heterocycles. The van der Waals surface area contributed by atoms with Crippen LogP contribution < -0.4 is 11.3 Å². The molecule has 0 fully saturated rings. The van der Waals surface area contributed by atoms with Crippen LogP contribution in [0.1, 0.15) is 51.1 Å². The van der Waals surface area contributed by atoms with E-state index in [-0.39, 0.29) is 11.5 Å². The van der Waals surface area contributed by atoms with Crippen LogP contribution in [0.25, 0.3) is 0 Å². The summed E-state index contributed by atoms with van der Waals surface area (Å²) in [6.07, 6.45) is 4.39. The number of nitrogens with zero attached hydrogens (tertiary/aromatic N) is 1. The van der Waals surface area contributed by atoms with Crippen molar-refractivity contribution >= 4 is 5.95 Å². The quantitative estimate of drug-likeness (QED) is 0.779. The first-order valence-corrected chi connectivity index (χ1v) is 5.54. The minimum Gasteiger partial charge on any atom is -0.369 e. The van der Waals surface area contributed by atoms with Crippen LogP contribution in [-0.2, 0) is 0 Å². The Morgan fingerprint density at radius 1 is 1.53 bits per heavy atom. The second-order valence-electron chi connectivity index (χ2n) is 3.80. The highest BCUT2D eigenvalue weighted by molar-refractivity contribution is 5.19. The molecule has 15 heavy (non-hydrogen) atoms. The lowest BCUT2D eigenvalue weighted by molar-refractivity contribution is 0.556. The molecule has 4 nitrogen and oxygen atoms in total. The first-order valence-electron chi connectivity index (χ1n) is 5.54. The molecule has 4 heteroatoms. The molecule has 1 aromatic heterocycles. The normalized spacial score (nSPS) is 12.7. The molecule has 1 unspecified atom stereocenters. The molecule has 84 valence electrons. The maximum absolute atomic E-state index is 11.2. The Balaban J connectivity index is 2.86. The number of H-pyrrole nitrogens is 1. The summed E-state index contributed by atoms with van der Waals surface area (Å²) < 4.78 is 0. The van der Waals surface area contributed by atoms with Gasteiger partial charge in [-0.3, -0.25) is 9.78 Å². The number of nitrogen functional groups attached to an aromatic ring is 1. The minimum absolute atomic E-state index is 0.160. The van der Waals surface area contributed by atoms with Gasteiger partial charge in [-0.15, -0.1) is 0 Å². The first-order chi connectivity index (χ1) is 7.17. The molecule has 1 rings (SSSR count). The van der Waals surface area contributed by atoms with Crippen molar-refractivity contribution in [2.24, 2.45) is 0 Å². The molecule has 0 aromatic carbocycles. The average molecular weight is 209 g/mol. The number of aromatic amines is 1. The molecule has 0 radical (unpaired) electrons. The molecule has 1 aromatic rings. The Kier molecular flexibility index (Phi) is 4.34. The fourth-order valence-electron chi connectivity index (χ4n) is 1.72. The van der Waals surface area contributed by atoms with Crippen LogP contribution in [0.5, 0.6) is 0 Å². The van der Waals surface area contributed by atoms with E-state index >= 15 is 0 Å². The van der Waals surface area contributed by atoms with Crippen molar-refractivity contribution in [2.75, 3.05) is 5.73 Å². The molecule has 3 N–H and O–H groups in total. The van der Waals surface area contributed by atoms with Crippen molar-refractivity contribution in [1.82, 2.24) is 9.97 Å². The average Bonchev–Trinajstić information content (AvgIpc) is 2.17. The van der Waals surface area contributed by atoms with E-state index in [0.717, 1.165) is 31.4 Å². The van der Waals surface area contributed by atoms with Crippen LogP contribution >= 0.6 is 0 Å². The van der Waals surface area contributed by atoms with Gasteiger partial charge in [0.25, 0.3) is 5.56 Å². The minimum atomic E-state index is -0.160. The zero-order valence-electron chi connectivity index (χ0n) is 9.42. The maximum atomic E-state index is 11.2. The Labute approximate surface area is 89.9 Å². The number of aromatic nitrogens is 2. The summed E-state index contributed by atoms with van der Waals surface area (Å²) >= 11 is 0. The van der Waals surface area contributed by atoms with E-state index in [4.69, 9.17) is 5.73 Å². The van der Waals surface area contributed by atoms with Gasteiger partial charge in [0.1, 0.15) is 0 Å². The monoisotopic (exact) mass is 209 g/mol. The molecular weight excluding hydrogens is 190 g/mol. The summed E-state index contributed by atoms with van der Waals surface area (Å²) in [5.74, 6) is 0.571. The Hall–Kier alpha value is -1.32. The third-order valence-corrected chi connectivity index (χ3v) is 2.60. The van der Waals surface area contributed by atoms with Gasteiger partial charge in [0, 0.05) is 12.0 Å². The van der Waals surface area contributed by atoms with E-state index in [1.54, 1.807) is 6.07 Å². The van der Waals surface area contributed by atoms with E-state index in [2.05, 4.69) is 23.8 Å². The number of rotatable bonds is 5. The van der Waals surface area contributed by atoms with Gasteiger partial charge in [-0.25, -0.2) is 4.98 Å². The molecule has 0 amide bonds. The largest absolute Gasteiger partial charge is 0.369 e. The van der Waals surface area contributed by atoms with E-state index < -0.39 is 0 Å². The van der Waals surface area contributed by atoms with Gasteiger partial charge in [0.2, 0.25) is 5.95 Å². The molecule has 0 spiro atoms. The van der Waals surface area contributed by atoms with E-state index in [0.29, 0.717) is 5.92 Å². The summed E-state index contributed by atoms with van der Waals surface area (Å²) in [7, 11) is 0. The topological polar surface area (TPSA) is 71.8 Å². The number of nitrogens with one attached hydrogen (secondary N) is 1. The van der Waals surface area contributed by atoms with Crippen molar-refractivity contribution in [3.8, 4) is 0 Å². The van der Waals surface area contributed by atoms with Gasteiger partial charge in [0.05, 0.1) is 5.69 Å². The number of hydrogen-bond donors (Lipinski definition) is 2. The van der Waals surface area contributed by atoms with Crippen LogP contribution in [0.2, 0.25) is 0 Å². The van der Waals surface area contributed by atoms with Crippen LogP contribution in [-0.4, -0.2) is 9.97 Å². The van der Waals surface area contributed by atoms with Gasteiger partial charge >= 0.3 is 0 Å². The number of anilines is 1. The third-order valence-electron chi connectivity index (χ3n) is 2.60. The van der Waals surface area contributed by atoms with E-state index in [1.807, 2.05) is 0 Å². The number of nitrogens with two attached hydrogens (primary N) is 1. The zero-order chi connectivity index (χ0) is 11.3. The van der Waals surface area contributed by atoms with Crippen molar-refractivity contribution in [3.63, 3.8) is 0 Å². The van der Waals surface area contributed by atoms with Gasteiger partial charge < -0.3 is 5.73 Å². The molecule has 0 saturated carbocycles.